The molecule has 1 aliphatic heterocycles. The Bertz CT molecular complexity index is 974. The normalized spacial score (nSPS) is 26.0. The van der Waals surface area contributed by atoms with Gasteiger partial charge in [-0.05, 0) is 0 Å². The lowest BCUT2D eigenvalue weighted by atomic mass is 10.1. The summed E-state index contributed by atoms with van der Waals surface area (Å²) in [7, 11) is 0. The van der Waals surface area contributed by atoms with Gasteiger partial charge in [0.1, 0.15) is 35.9 Å². The van der Waals surface area contributed by atoms with Crippen LogP contribution in [0.5, 0.6) is 0 Å². The van der Waals surface area contributed by atoms with Gasteiger partial charge in [-0.25, -0.2) is 15.0 Å². The van der Waals surface area contributed by atoms with Gasteiger partial charge in [0.2, 0.25) is 0 Å². The molecule has 0 aliphatic carbocycles. The molecule has 4 atom stereocenters. The van der Waals surface area contributed by atoms with Gasteiger partial charge < -0.3 is 25.2 Å². The molecule has 3 aromatic rings. The first-order chi connectivity index (χ1) is 13.1. The van der Waals surface area contributed by atoms with Crippen LogP contribution in [0.3, 0.4) is 0 Å². The highest BCUT2D eigenvalue weighted by molar-refractivity contribution is 5.86. The monoisotopic (exact) mass is 370 g/mol. The van der Waals surface area contributed by atoms with Crippen molar-refractivity contribution in [3.63, 3.8) is 0 Å². The van der Waals surface area contributed by atoms with Crippen molar-refractivity contribution < 1.29 is 25.2 Å². The molecule has 1 fully saturated rings. The van der Waals surface area contributed by atoms with Gasteiger partial charge in [0, 0.05) is 11.6 Å². The second-order valence-electron chi connectivity index (χ2n) is 6.21. The first-order valence-corrected chi connectivity index (χ1v) is 8.36. The number of aliphatic hydroxyl groups excluding tert-OH is 4. The molecular formula is C18H18N4O5. The van der Waals surface area contributed by atoms with E-state index in [1.807, 2.05) is 18.2 Å². The molecule has 0 radical (unpaired) electrons. The Morgan fingerprint density at radius 1 is 1.11 bits per heavy atom. The highest BCUT2D eigenvalue weighted by Gasteiger charge is 2.43. The zero-order valence-electron chi connectivity index (χ0n) is 14.1. The smallest absolute Gasteiger partial charge is 0.166 e. The number of benzene rings is 1. The fourth-order valence-corrected chi connectivity index (χ4v) is 3.09. The number of ether oxygens (including phenoxy) is 1. The molecule has 0 spiro atoms. The van der Waals surface area contributed by atoms with Gasteiger partial charge in [0.25, 0.3) is 0 Å². The van der Waals surface area contributed by atoms with Crippen molar-refractivity contribution in [3.05, 3.63) is 54.2 Å². The molecule has 27 heavy (non-hydrogen) atoms. The van der Waals surface area contributed by atoms with Gasteiger partial charge in [-0.3, -0.25) is 4.57 Å². The Hall–Kier alpha value is -2.85. The van der Waals surface area contributed by atoms with Crippen molar-refractivity contribution in [1.82, 2.24) is 19.5 Å². The molecule has 0 amide bonds. The van der Waals surface area contributed by atoms with E-state index in [1.165, 1.54) is 23.3 Å². The summed E-state index contributed by atoms with van der Waals surface area (Å²) in [5.74, 6) is 0.0260. The second-order valence-corrected chi connectivity index (χ2v) is 6.21. The van der Waals surface area contributed by atoms with Gasteiger partial charge >= 0.3 is 0 Å². The van der Waals surface area contributed by atoms with Gasteiger partial charge in [-0.15, -0.1) is 0 Å². The zero-order valence-corrected chi connectivity index (χ0v) is 14.1. The lowest BCUT2D eigenvalue weighted by Crippen LogP contribution is -2.33. The molecule has 0 bridgehead atoms. The zero-order chi connectivity index (χ0) is 19.0. The third-order valence-corrected chi connectivity index (χ3v) is 4.52. The number of hydrogen-bond donors (Lipinski definition) is 4. The number of rotatable bonds is 4. The number of aromatic nitrogens is 4. The Kier molecular flexibility index (Phi) is 4.58. The van der Waals surface area contributed by atoms with Crippen molar-refractivity contribution in [2.75, 3.05) is 6.61 Å². The van der Waals surface area contributed by atoms with E-state index in [4.69, 9.17) is 4.74 Å². The summed E-state index contributed by atoms with van der Waals surface area (Å²) in [6, 6.07) is 9.00. The van der Waals surface area contributed by atoms with Gasteiger partial charge in [-0.2, -0.15) is 0 Å². The molecule has 1 aliphatic rings. The Balaban J connectivity index is 1.73. The third kappa shape index (κ3) is 3.06. The summed E-state index contributed by atoms with van der Waals surface area (Å²) < 4.78 is 7.00. The first-order valence-electron chi connectivity index (χ1n) is 8.36. The van der Waals surface area contributed by atoms with Crippen LogP contribution in [0.2, 0.25) is 0 Å². The number of hydrogen-bond acceptors (Lipinski definition) is 8. The summed E-state index contributed by atoms with van der Waals surface area (Å²) in [6.45, 7) is -0.421. The van der Waals surface area contributed by atoms with E-state index < -0.39 is 31.1 Å². The highest BCUT2D eigenvalue weighted by Crippen LogP contribution is 2.31. The second kappa shape index (κ2) is 7.05. The number of fused-ring (bicyclic) bond motifs is 1. The van der Waals surface area contributed by atoms with E-state index in [2.05, 4.69) is 15.0 Å². The lowest BCUT2D eigenvalue weighted by Gasteiger charge is -2.16. The van der Waals surface area contributed by atoms with Crippen molar-refractivity contribution in [2.45, 2.75) is 24.5 Å². The van der Waals surface area contributed by atoms with E-state index >= 15 is 0 Å². The minimum Gasteiger partial charge on any atom is -0.507 e. The lowest BCUT2D eigenvalue weighted by molar-refractivity contribution is -0.0511. The highest BCUT2D eigenvalue weighted by atomic mass is 16.6. The maximum Gasteiger partial charge on any atom is 0.166 e. The van der Waals surface area contributed by atoms with E-state index in [9.17, 15) is 20.4 Å². The molecule has 1 saturated heterocycles. The summed E-state index contributed by atoms with van der Waals surface area (Å²) >= 11 is 0. The Morgan fingerprint density at radius 2 is 1.89 bits per heavy atom. The third-order valence-electron chi connectivity index (χ3n) is 4.52. The predicted octanol–water partition coefficient (Wildman–Crippen LogP) is 0.494. The molecule has 0 saturated carbocycles. The van der Waals surface area contributed by atoms with Gasteiger partial charge in [-0.1, -0.05) is 30.3 Å². The molecule has 1 aromatic carbocycles. The summed E-state index contributed by atoms with van der Waals surface area (Å²) in [5, 5.41) is 39.8. The summed E-state index contributed by atoms with van der Waals surface area (Å²) in [4.78, 5) is 12.6. The van der Waals surface area contributed by atoms with Crippen molar-refractivity contribution in [2.24, 2.45) is 0 Å². The van der Waals surface area contributed by atoms with E-state index in [1.54, 1.807) is 12.1 Å². The number of imidazole rings is 1. The fourth-order valence-electron chi connectivity index (χ4n) is 3.09. The molecule has 4 N–H and O–H groups in total. The van der Waals surface area contributed by atoms with Gasteiger partial charge in [0.15, 0.2) is 11.9 Å². The van der Waals surface area contributed by atoms with Crippen molar-refractivity contribution in [3.8, 4) is 0 Å². The molecule has 140 valence electrons. The van der Waals surface area contributed by atoms with E-state index in [0.29, 0.717) is 22.4 Å². The van der Waals surface area contributed by atoms with Crippen LogP contribution in [0, 0.1) is 0 Å². The SMILES string of the molecule is OC[C@@H]1O[C@H](n2cnc3c(/C=C(/O)c4ccccc4)ncnc32)[C@H](O)[C@@H]1O. The molecule has 9 nitrogen and oxygen atoms in total. The van der Waals surface area contributed by atoms with E-state index in [-0.39, 0.29) is 5.76 Å². The number of aliphatic hydroxyl groups is 4. The van der Waals surface area contributed by atoms with Crippen LogP contribution in [0.15, 0.2) is 43.0 Å². The first kappa shape index (κ1) is 17.6. The van der Waals surface area contributed by atoms with Crippen LogP contribution in [0.25, 0.3) is 23.0 Å². The van der Waals surface area contributed by atoms with Crippen molar-refractivity contribution in [1.29, 1.82) is 0 Å². The average Bonchev–Trinajstić information content (AvgIpc) is 3.25. The molecule has 0 unspecified atom stereocenters. The minimum atomic E-state index is -1.24. The van der Waals surface area contributed by atoms with Crippen LogP contribution in [0.4, 0.5) is 0 Å². The molecule has 4 rings (SSSR count). The summed E-state index contributed by atoms with van der Waals surface area (Å²) in [6.07, 6.45) is -0.106. The van der Waals surface area contributed by atoms with E-state index in [0.717, 1.165) is 0 Å². The average molecular weight is 370 g/mol. The maximum absolute atomic E-state index is 10.3. The summed E-state index contributed by atoms with van der Waals surface area (Å²) in [5.41, 5.74) is 1.80. The van der Waals surface area contributed by atoms with Crippen LogP contribution >= 0.6 is 0 Å². The Morgan fingerprint density at radius 3 is 2.59 bits per heavy atom. The fraction of sp³-hybridized carbons (Fsp3) is 0.278. The van der Waals surface area contributed by atoms with Crippen LogP contribution in [-0.2, 0) is 4.74 Å². The van der Waals surface area contributed by atoms with Crippen molar-refractivity contribution >= 4 is 23.0 Å². The molecule has 3 heterocycles. The Labute approximate surface area is 153 Å². The van der Waals surface area contributed by atoms with Crippen LogP contribution in [0.1, 0.15) is 17.5 Å². The van der Waals surface area contributed by atoms with Crippen LogP contribution < -0.4 is 0 Å². The maximum atomic E-state index is 10.3. The standard InChI is InChI=1S/C18H18N4O5/c23-7-13-15(25)16(26)18(27-13)22-9-21-14-11(19-8-20-17(14)22)6-12(24)10-4-2-1-3-5-10/h1-6,8-9,13,15-16,18,23-26H,7H2/b12-6+/t13-,15+,16+,18-/m0/s1. The van der Waals surface area contributed by atoms with Crippen LogP contribution in [-0.4, -0.2) is 64.9 Å². The molecule has 9 heteroatoms. The molecule has 2 aromatic heterocycles. The number of nitrogens with zero attached hydrogens (tertiary/aromatic N) is 4. The molecular weight excluding hydrogens is 352 g/mol. The van der Waals surface area contributed by atoms with Gasteiger partial charge in [0.05, 0.1) is 18.6 Å². The largest absolute Gasteiger partial charge is 0.507 e. The quantitative estimate of drug-likeness (QED) is 0.488. The predicted molar refractivity (Wildman–Crippen MR) is 95.3 cm³/mol. The topological polar surface area (TPSA) is 134 Å². The minimum absolute atomic E-state index is 0.0260.